The summed E-state index contributed by atoms with van der Waals surface area (Å²) >= 11 is 5.91. The Morgan fingerprint density at radius 2 is 2.26 bits per heavy atom. The molecule has 102 valence electrons. The number of ether oxygens (including phenoxy) is 2. The van der Waals surface area contributed by atoms with E-state index in [9.17, 15) is 10.1 Å². The summed E-state index contributed by atoms with van der Waals surface area (Å²) in [6.45, 7) is 2.72. The highest BCUT2D eigenvalue weighted by molar-refractivity contribution is 6.30. The predicted octanol–water partition coefficient (Wildman–Crippen LogP) is 2.95. The van der Waals surface area contributed by atoms with E-state index in [1.54, 1.807) is 18.2 Å². The second-order valence-electron chi connectivity index (χ2n) is 3.86. The molecule has 0 heterocycles. The lowest BCUT2D eigenvalue weighted by Crippen LogP contribution is -2.14. The van der Waals surface area contributed by atoms with Crippen molar-refractivity contribution in [2.24, 2.45) is 0 Å². The van der Waals surface area contributed by atoms with Crippen LogP contribution in [-0.2, 0) is 9.53 Å². The molecule has 0 aliphatic carbocycles. The molecule has 1 unspecified atom stereocenters. The molecule has 1 aromatic rings. The van der Waals surface area contributed by atoms with Gasteiger partial charge < -0.3 is 9.47 Å². The minimum Gasteiger partial charge on any atom is -0.496 e. The minimum absolute atomic E-state index is 0.196. The molecule has 0 bridgehead atoms. The molecule has 0 aromatic heterocycles. The fourth-order valence-corrected chi connectivity index (χ4v) is 1.89. The molecule has 1 atom stereocenters. The minimum atomic E-state index is -0.880. The average Bonchev–Trinajstić information content (AvgIpc) is 2.40. The fraction of sp³-hybridized carbons (Fsp3) is 0.429. The third-order valence-corrected chi connectivity index (χ3v) is 2.89. The first-order chi connectivity index (χ1) is 9.13. The Kier molecular flexibility index (Phi) is 6.34. The number of benzene rings is 1. The zero-order valence-electron chi connectivity index (χ0n) is 11.0. The van der Waals surface area contributed by atoms with Gasteiger partial charge in [0, 0.05) is 23.6 Å². The van der Waals surface area contributed by atoms with E-state index in [2.05, 4.69) is 0 Å². The summed E-state index contributed by atoms with van der Waals surface area (Å²) in [5.41, 5.74) is 0.499. The van der Waals surface area contributed by atoms with E-state index in [0.29, 0.717) is 29.5 Å². The fourth-order valence-electron chi connectivity index (χ4n) is 1.71. The molecular weight excluding hydrogens is 266 g/mol. The van der Waals surface area contributed by atoms with Crippen LogP contribution in [0.25, 0.3) is 0 Å². The van der Waals surface area contributed by atoms with E-state index >= 15 is 0 Å². The van der Waals surface area contributed by atoms with Gasteiger partial charge in [-0.05, 0) is 25.1 Å². The van der Waals surface area contributed by atoms with Crippen LogP contribution in [0.1, 0.15) is 24.8 Å². The van der Waals surface area contributed by atoms with Crippen LogP contribution in [0.2, 0.25) is 5.02 Å². The topological polar surface area (TPSA) is 59.3 Å². The molecule has 5 heteroatoms. The Morgan fingerprint density at radius 3 is 2.84 bits per heavy atom. The van der Waals surface area contributed by atoms with E-state index in [1.807, 2.05) is 13.0 Å². The van der Waals surface area contributed by atoms with Crippen LogP contribution in [0.4, 0.5) is 0 Å². The summed E-state index contributed by atoms with van der Waals surface area (Å²) in [7, 11) is 1.49. The van der Waals surface area contributed by atoms with Crippen LogP contribution >= 0.6 is 11.6 Å². The molecule has 1 aromatic carbocycles. The quantitative estimate of drug-likeness (QED) is 0.721. The van der Waals surface area contributed by atoms with Gasteiger partial charge in [-0.15, -0.1) is 0 Å². The molecule has 0 fully saturated rings. The van der Waals surface area contributed by atoms with Gasteiger partial charge in [0.25, 0.3) is 0 Å². The van der Waals surface area contributed by atoms with Gasteiger partial charge in [0.2, 0.25) is 0 Å². The normalized spacial score (nSPS) is 11.7. The smallest absolute Gasteiger partial charge is 0.156 e. The van der Waals surface area contributed by atoms with Crippen molar-refractivity contribution in [1.82, 2.24) is 0 Å². The number of methoxy groups -OCH3 is 1. The molecule has 4 nitrogen and oxygen atoms in total. The number of nitriles is 1. The van der Waals surface area contributed by atoms with Crippen molar-refractivity contribution >= 4 is 17.4 Å². The van der Waals surface area contributed by atoms with Gasteiger partial charge in [0.05, 0.1) is 19.8 Å². The molecule has 0 spiro atoms. The second kappa shape index (κ2) is 7.78. The molecule has 0 aliphatic rings. The van der Waals surface area contributed by atoms with Gasteiger partial charge in [0.15, 0.2) is 5.78 Å². The van der Waals surface area contributed by atoms with Crippen LogP contribution in [0.5, 0.6) is 5.75 Å². The molecule has 0 saturated carbocycles. The van der Waals surface area contributed by atoms with Gasteiger partial charge in [-0.1, -0.05) is 11.6 Å². The monoisotopic (exact) mass is 281 g/mol. The van der Waals surface area contributed by atoms with E-state index in [-0.39, 0.29) is 12.2 Å². The van der Waals surface area contributed by atoms with Crippen molar-refractivity contribution in [3.05, 3.63) is 28.8 Å². The molecular formula is C14H16ClNO3. The Bertz CT molecular complexity index is 482. The number of carbonyl (C=O) groups is 1. The molecule has 0 radical (unpaired) electrons. The number of nitrogens with zero attached hydrogens (tertiary/aromatic N) is 1. The van der Waals surface area contributed by atoms with Gasteiger partial charge in [-0.25, -0.2) is 0 Å². The summed E-state index contributed by atoms with van der Waals surface area (Å²) in [5, 5.41) is 9.67. The number of rotatable bonds is 7. The number of halogens is 1. The summed E-state index contributed by atoms with van der Waals surface area (Å²) < 4.78 is 10.3. The lowest BCUT2D eigenvalue weighted by atomic mass is 9.93. The van der Waals surface area contributed by atoms with Crippen molar-refractivity contribution in [3.63, 3.8) is 0 Å². The third-order valence-electron chi connectivity index (χ3n) is 2.65. The van der Waals surface area contributed by atoms with Gasteiger partial charge in [0.1, 0.15) is 11.7 Å². The highest BCUT2D eigenvalue weighted by Crippen LogP contribution is 2.30. The maximum atomic E-state index is 12.0. The van der Waals surface area contributed by atoms with Crippen molar-refractivity contribution in [1.29, 1.82) is 5.26 Å². The lowest BCUT2D eigenvalue weighted by molar-refractivity contribution is -0.120. The van der Waals surface area contributed by atoms with Crippen LogP contribution < -0.4 is 4.74 Å². The highest BCUT2D eigenvalue weighted by Gasteiger charge is 2.23. The Labute approximate surface area is 117 Å². The van der Waals surface area contributed by atoms with E-state index in [4.69, 9.17) is 21.1 Å². The van der Waals surface area contributed by atoms with Crippen LogP contribution in [0, 0.1) is 11.3 Å². The van der Waals surface area contributed by atoms with Crippen LogP contribution in [0.15, 0.2) is 18.2 Å². The first-order valence-electron chi connectivity index (χ1n) is 5.97. The molecule has 0 N–H and O–H groups in total. The molecule has 0 aliphatic heterocycles. The predicted molar refractivity (Wildman–Crippen MR) is 72.5 cm³/mol. The van der Waals surface area contributed by atoms with E-state index in [1.165, 1.54) is 7.11 Å². The maximum Gasteiger partial charge on any atom is 0.156 e. The lowest BCUT2D eigenvalue weighted by Gasteiger charge is -2.13. The molecule has 19 heavy (non-hydrogen) atoms. The van der Waals surface area contributed by atoms with Gasteiger partial charge in [-0.3, -0.25) is 4.79 Å². The number of ketones is 1. The summed E-state index contributed by atoms with van der Waals surface area (Å²) in [4.78, 5) is 12.0. The van der Waals surface area contributed by atoms with E-state index in [0.717, 1.165) is 0 Å². The van der Waals surface area contributed by atoms with Crippen molar-refractivity contribution in [3.8, 4) is 11.8 Å². The molecule has 1 rings (SSSR count). The highest BCUT2D eigenvalue weighted by atomic mass is 35.5. The first-order valence-corrected chi connectivity index (χ1v) is 6.35. The number of carbonyl (C=O) groups excluding carboxylic acids is 1. The standard InChI is InChI=1S/C14H16ClNO3/c1-3-19-7-6-13(17)12(9-16)11-8-10(15)4-5-14(11)18-2/h4-5,8,12H,3,6-7H2,1-2H3. The van der Waals surface area contributed by atoms with Gasteiger partial charge >= 0.3 is 0 Å². The van der Waals surface area contributed by atoms with Crippen molar-refractivity contribution in [2.45, 2.75) is 19.3 Å². The number of hydrogen-bond acceptors (Lipinski definition) is 4. The second-order valence-corrected chi connectivity index (χ2v) is 4.30. The number of Topliss-reactive ketones (excluding diaryl/α,β-unsaturated/α-hetero) is 1. The summed E-state index contributed by atoms with van der Waals surface area (Å²) in [5.74, 6) is -0.591. The zero-order chi connectivity index (χ0) is 14.3. The zero-order valence-corrected chi connectivity index (χ0v) is 11.7. The molecule has 0 saturated heterocycles. The molecule has 0 amide bonds. The van der Waals surface area contributed by atoms with Crippen LogP contribution in [-0.4, -0.2) is 26.1 Å². The van der Waals surface area contributed by atoms with Gasteiger partial charge in [-0.2, -0.15) is 5.26 Å². The van der Waals surface area contributed by atoms with Crippen LogP contribution in [0.3, 0.4) is 0 Å². The van der Waals surface area contributed by atoms with E-state index < -0.39 is 5.92 Å². The maximum absolute atomic E-state index is 12.0. The number of hydrogen-bond donors (Lipinski definition) is 0. The Balaban J connectivity index is 2.94. The Hall–Kier alpha value is -1.57. The van der Waals surface area contributed by atoms with Crippen molar-refractivity contribution in [2.75, 3.05) is 20.3 Å². The third kappa shape index (κ3) is 4.23. The average molecular weight is 282 g/mol. The van der Waals surface area contributed by atoms with Crippen molar-refractivity contribution < 1.29 is 14.3 Å². The largest absolute Gasteiger partial charge is 0.496 e. The summed E-state index contributed by atoms with van der Waals surface area (Å²) in [6, 6.07) is 6.90. The SMILES string of the molecule is CCOCCC(=O)C(C#N)c1cc(Cl)ccc1OC. The summed E-state index contributed by atoms with van der Waals surface area (Å²) in [6.07, 6.45) is 0.196. The first kappa shape index (κ1) is 15.5. The Morgan fingerprint density at radius 1 is 1.53 bits per heavy atom.